The standard InChI is InChI=1S/C14H33N3/c1-7-9-13(3)15-10-11-17(8-2)14(4)12-16(5)6/h13-15H,7-12H2,1-6H3. The van der Waals surface area contributed by atoms with Crippen LogP contribution in [0.4, 0.5) is 0 Å². The monoisotopic (exact) mass is 243 g/mol. The molecule has 0 amide bonds. The number of hydrogen-bond acceptors (Lipinski definition) is 3. The first kappa shape index (κ1) is 16.9. The Morgan fingerprint density at radius 3 is 2.24 bits per heavy atom. The minimum absolute atomic E-state index is 0.637. The van der Waals surface area contributed by atoms with Crippen molar-refractivity contribution in [3.63, 3.8) is 0 Å². The Labute approximate surface area is 109 Å². The van der Waals surface area contributed by atoms with Crippen molar-refractivity contribution < 1.29 is 0 Å². The van der Waals surface area contributed by atoms with Crippen LogP contribution in [-0.2, 0) is 0 Å². The van der Waals surface area contributed by atoms with Gasteiger partial charge in [0.25, 0.3) is 0 Å². The van der Waals surface area contributed by atoms with Crippen molar-refractivity contribution in [2.45, 2.75) is 52.6 Å². The Morgan fingerprint density at radius 2 is 1.76 bits per heavy atom. The minimum Gasteiger partial charge on any atom is -0.313 e. The molecule has 2 atom stereocenters. The second-order valence-corrected chi connectivity index (χ2v) is 5.38. The second kappa shape index (κ2) is 9.86. The Kier molecular flexibility index (Phi) is 9.79. The van der Waals surface area contributed by atoms with Crippen LogP contribution in [0.25, 0.3) is 0 Å². The zero-order chi connectivity index (χ0) is 13.3. The van der Waals surface area contributed by atoms with E-state index >= 15 is 0 Å². The van der Waals surface area contributed by atoms with Crippen LogP contribution in [0.15, 0.2) is 0 Å². The molecule has 0 aromatic rings. The van der Waals surface area contributed by atoms with Crippen molar-refractivity contribution in [2.24, 2.45) is 0 Å². The van der Waals surface area contributed by atoms with E-state index in [2.05, 4.69) is 56.9 Å². The molecule has 0 aromatic heterocycles. The van der Waals surface area contributed by atoms with Gasteiger partial charge in [-0.3, -0.25) is 4.90 Å². The van der Waals surface area contributed by atoms with Gasteiger partial charge in [0.05, 0.1) is 0 Å². The summed E-state index contributed by atoms with van der Waals surface area (Å²) >= 11 is 0. The van der Waals surface area contributed by atoms with Crippen LogP contribution in [-0.4, -0.2) is 62.2 Å². The summed E-state index contributed by atoms with van der Waals surface area (Å²) in [6, 6.07) is 1.29. The van der Waals surface area contributed by atoms with Crippen molar-refractivity contribution in [1.82, 2.24) is 15.1 Å². The summed E-state index contributed by atoms with van der Waals surface area (Å²) < 4.78 is 0. The molecule has 0 bridgehead atoms. The van der Waals surface area contributed by atoms with Crippen LogP contribution < -0.4 is 5.32 Å². The number of hydrogen-bond donors (Lipinski definition) is 1. The first-order valence-electron chi connectivity index (χ1n) is 7.13. The Hall–Kier alpha value is -0.120. The topological polar surface area (TPSA) is 18.5 Å². The lowest BCUT2D eigenvalue weighted by molar-refractivity contribution is 0.180. The largest absolute Gasteiger partial charge is 0.313 e. The molecule has 104 valence electrons. The van der Waals surface area contributed by atoms with Gasteiger partial charge >= 0.3 is 0 Å². The minimum atomic E-state index is 0.637. The highest BCUT2D eigenvalue weighted by atomic mass is 15.2. The molecule has 0 radical (unpaired) electrons. The molecule has 1 N–H and O–H groups in total. The molecular weight excluding hydrogens is 210 g/mol. The van der Waals surface area contributed by atoms with Gasteiger partial charge in [0.15, 0.2) is 0 Å². The maximum Gasteiger partial charge on any atom is 0.0195 e. The summed E-state index contributed by atoms with van der Waals surface area (Å²) in [6.07, 6.45) is 2.54. The third-order valence-electron chi connectivity index (χ3n) is 3.27. The summed E-state index contributed by atoms with van der Waals surface area (Å²) in [5.74, 6) is 0. The maximum absolute atomic E-state index is 3.60. The van der Waals surface area contributed by atoms with Gasteiger partial charge in [-0.05, 0) is 40.9 Å². The Balaban J connectivity index is 3.81. The van der Waals surface area contributed by atoms with Crippen LogP contribution in [0.2, 0.25) is 0 Å². The number of nitrogens with zero attached hydrogens (tertiary/aromatic N) is 2. The summed E-state index contributed by atoms with van der Waals surface area (Å²) in [7, 11) is 4.29. The third-order valence-corrected chi connectivity index (χ3v) is 3.27. The molecule has 0 aliphatic heterocycles. The molecule has 2 unspecified atom stereocenters. The number of rotatable bonds is 10. The molecule has 0 aromatic carbocycles. The van der Waals surface area contributed by atoms with E-state index in [-0.39, 0.29) is 0 Å². The molecule has 0 spiro atoms. The molecule has 0 aliphatic carbocycles. The Bertz CT molecular complexity index is 171. The van der Waals surface area contributed by atoms with Crippen LogP contribution in [0.3, 0.4) is 0 Å². The van der Waals surface area contributed by atoms with Crippen LogP contribution in [0.1, 0.15) is 40.5 Å². The van der Waals surface area contributed by atoms with Gasteiger partial charge in [0, 0.05) is 31.7 Å². The lowest BCUT2D eigenvalue weighted by Crippen LogP contribution is -2.44. The normalized spacial score (nSPS) is 15.5. The van der Waals surface area contributed by atoms with E-state index in [1.54, 1.807) is 0 Å². The van der Waals surface area contributed by atoms with E-state index in [0.717, 1.165) is 26.2 Å². The van der Waals surface area contributed by atoms with E-state index in [1.807, 2.05) is 0 Å². The van der Waals surface area contributed by atoms with Crippen molar-refractivity contribution >= 4 is 0 Å². The van der Waals surface area contributed by atoms with E-state index in [1.165, 1.54) is 12.8 Å². The van der Waals surface area contributed by atoms with Crippen LogP contribution in [0.5, 0.6) is 0 Å². The van der Waals surface area contributed by atoms with Gasteiger partial charge in [-0.15, -0.1) is 0 Å². The highest BCUT2D eigenvalue weighted by molar-refractivity contribution is 4.70. The fourth-order valence-electron chi connectivity index (χ4n) is 2.32. The van der Waals surface area contributed by atoms with Crippen molar-refractivity contribution in [2.75, 3.05) is 40.3 Å². The average Bonchev–Trinajstić information content (AvgIpc) is 2.23. The van der Waals surface area contributed by atoms with Crippen molar-refractivity contribution in [3.8, 4) is 0 Å². The van der Waals surface area contributed by atoms with Crippen molar-refractivity contribution in [3.05, 3.63) is 0 Å². The second-order valence-electron chi connectivity index (χ2n) is 5.38. The fourth-order valence-corrected chi connectivity index (χ4v) is 2.32. The van der Waals surface area contributed by atoms with Gasteiger partial charge in [0.2, 0.25) is 0 Å². The van der Waals surface area contributed by atoms with Gasteiger partial charge in [-0.1, -0.05) is 20.3 Å². The van der Waals surface area contributed by atoms with Crippen LogP contribution in [0, 0.1) is 0 Å². The molecule has 3 heteroatoms. The fraction of sp³-hybridized carbons (Fsp3) is 1.00. The van der Waals surface area contributed by atoms with Gasteiger partial charge in [0.1, 0.15) is 0 Å². The summed E-state index contributed by atoms with van der Waals surface area (Å²) in [4.78, 5) is 4.81. The molecule has 0 heterocycles. The van der Waals surface area contributed by atoms with E-state index < -0.39 is 0 Å². The highest BCUT2D eigenvalue weighted by Gasteiger charge is 2.12. The quantitative estimate of drug-likeness (QED) is 0.633. The molecule has 3 nitrogen and oxygen atoms in total. The van der Waals surface area contributed by atoms with Crippen molar-refractivity contribution in [1.29, 1.82) is 0 Å². The predicted octanol–water partition coefficient (Wildman–Crippen LogP) is 2.04. The summed E-state index contributed by atoms with van der Waals surface area (Å²) in [6.45, 7) is 13.6. The zero-order valence-corrected chi connectivity index (χ0v) is 12.8. The summed E-state index contributed by atoms with van der Waals surface area (Å²) in [5, 5.41) is 3.60. The van der Waals surface area contributed by atoms with Gasteiger partial charge in [-0.25, -0.2) is 0 Å². The average molecular weight is 243 g/mol. The smallest absolute Gasteiger partial charge is 0.0195 e. The lowest BCUT2D eigenvalue weighted by atomic mass is 10.2. The first-order valence-corrected chi connectivity index (χ1v) is 7.13. The van der Waals surface area contributed by atoms with Crippen LogP contribution >= 0.6 is 0 Å². The first-order chi connectivity index (χ1) is 8.01. The molecule has 0 aliphatic rings. The lowest BCUT2D eigenvalue weighted by Gasteiger charge is -2.30. The molecule has 0 saturated carbocycles. The molecule has 0 rings (SSSR count). The molecular formula is C14H33N3. The highest BCUT2D eigenvalue weighted by Crippen LogP contribution is 2.00. The van der Waals surface area contributed by atoms with Gasteiger partial charge in [-0.2, -0.15) is 0 Å². The summed E-state index contributed by atoms with van der Waals surface area (Å²) in [5.41, 5.74) is 0. The Morgan fingerprint density at radius 1 is 1.12 bits per heavy atom. The third kappa shape index (κ3) is 8.58. The van der Waals surface area contributed by atoms with E-state index in [0.29, 0.717) is 12.1 Å². The predicted molar refractivity (Wildman–Crippen MR) is 77.6 cm³/mol. The van der Waals surface area contributed by atoms with Gasteiger partial charge < -0.3 is 10.2 Å². The molecule has 0 saturated heterocycles. The molecule has 0 fully saturated rings. The number of nitrogens with one attached hydrogen (secondary N) is 1. The number of likely N-dealkylation sites (N-methyl/N-ethyl adjacent to an activating group) is 2. The van der Waals surface area contributed by atoms with E-state index in [9.17, 15) is 0 Å². The maximum atomic E-state index is 3.60. The zero-order valence-electron chi connectivity index (χ0n) is 12.8. The molecule has 17 heavy (non-hydrogen) atoms. The SMILES string of the molecule is CCCC(C)NCCN(CC)C(C)CN(C)C. The van der Waals surface area contributed by atoms with E-state index in [4.69, 9.17) is 0 Å².